The number of benzene rings is 1. The van der Waals surface area contributed by atoms with Crippen molar-refractivity contribution in [2.24, 2.45) is 4.99 Å². The monoisotopic (exact) mass is 375 g/mol. The first-order valence-corrected chi connectivity index (χ1v) is 8.93. The Morgan fingerprint density at radius 1 is 1.44 bits per heavy atom. The number of nitriles is 1. The number of amides is 1. The van der Waals surface area contributed by atoms with Gasteiger partial charge in [-0.15, -0.1) is 0 Å². The van der Waals surface area contributed by atoms with Gasteiger partial charge in [0.1, 0.15) is 11.4 Å². The van der Waals surface area contributed by atoms with Gasteiger partial charge >= 0.3 is 6.09 Å². The van der Waals surface area contributed by atoms with Gasteiger partial charge in [-0.2, -0.15) is 5.26 Å². The SMILES string of the molecule is CCNC(=NCc1cc(C#N)ccc1F)NC1CN(C(=O)OC(C)(C)C)C1. The molecule has 0 spiro atoms. The number of hydrogen-bond donors (Lipinski definition) is 2. The third-order valence-electron chi connectivity index (χ3n) is 3.80. The third kappa shape index (κ3) is 6.13. The van der Waals surface area contributed by atoms with E-state index in [1.165, 1.54) is 18.2 Å². The van der Waals surface area contributed by atoms with Gasteiger partial charge in [0.15, 0.2) is 5.96 Å². The Balaban J connectivity index is 1.92. The Morgan fingerprint density at radius 3 is 2.74 bits per heavy atom. The molecule has 1 aliphatic rings. The predicted molar refractivity (Wildman–Crippen MR) is 101 cm³/mol. The molecule has 0 unspecified atom stereocenters. The summed E-state index contributed by atoms with van der Waals surface area (Å²) in [6, 6.07) is 6.24. The molecule has 0 saturated carbocycles. The number of aliphatic imine (C=N–C) groups is 1. The predicted octanol–water partition coefficient (Wildman–Crippen LogP) is 2.37. The summed E-state index contributed by atoms with van der Waals surface area (Å²) in [5.41, 5.74) is 0.232. The van der Waals surface area contributed by atoms with Crippen LogP contribution in [-0.2, 0) is 11.3 Å². The Hall–Kier alpha value is -2.82. The highest BCUT2D eigenvalue weighted by molar-refractivity contribution is 5.80. The van der Waals surface area contributed by atoms with E-state index >= 15 is 0 Å². The van der Waals surface area contributed by atoms with Crippen LogP contribution in [0.15, 0.2) is 23.2 Å². The molecule has 1 heterocycles. The summed E-state index contributed by atoms with van der Waals surface area (Å²) < 4.78 is 19.2. The Morgan fingerprint density at radius 2 is 2.15 bits per heavy atom. The lowest BCUT2D eigenvalue weighted by molar-refractivity contribution is 0.00700. The van der Waals surface area contributed by atoms with Crippen LogP contribution < -0.4 is 10.6 Å². The molecule has 1 aromatic rings. The summed E-state index contributed by atoms with van der Waals surface area (Å²) in [6.45, 7) is 9.20. The summed E-state index contributed by atoms with van der Waals surface area (Å²) >= 11 is 0. The van der Waals surface area contributed by atoms with Crippen LogP contribution in [0.2, 0.25) is 0 Å². The standard InChI is InChI=1S/C19H26FN5O2/c1-5-22-17(23-10-14-8-13(9-21)6-7-16(14)20)24-15-11-25(12-15)18(26)27-19(2,3)4/h6-8,15H,5,10-12H2,1-4H3,(H2,22,23,24). The second-order valence-corrected chi connectivity index (χ2v) is 7.34. The topological polar surface area (TPSA) is 89.8 Å². The molecule has 1 fully saturated rings. The minimum Gasteiger partial charge on any atom is -0.444 e. The minimum atomic E-state index is -0.520. The number of halogens is 1. The lowest BCUT2D eigenvalue weighted by Crippen LogP contribution is -2.63. The van der Waals surface area contributed by atoms with Crippen LogP contribution in [-0.4, -0.2) is 48.2 Å². The van der Waals surface area contributed by atoms with Crippen molar-refractivity contribution in [2.45, 2.75) is 45.9 Å². The van der Waals surface area contributed by atoms with E-state index in [1.54, 1.807) is 4.90 Å². The van der Waals surface area contributed by atoms with Gasteiger partial charge in [-0.3, -0.25) is 0 Å². The average Bonchev–Trinajstić information content (AvgIpc) is 2.54. The molecule has 1 aliphatic heterocycles. The fourth-order valence-corrected chi connectivity index (χ4v) is 2.49. The summed E-state index contributed by atoms with van der Waals surface area (Å²) in [6.07, 6.45) is -0.335. The van der Waals surface area contributed by atoms with E-state index in [1.807, 2.05) is 33.8 Å². The van der Waals surface area contributed by atoms with Crippen LogP contribution in [0.3, 0.4) is 0 Å². The first-order chi connectivity index (χ1) is 12.7. The Labute approximate surface area is 159 Å². The summed E-state index contributed by atoms with van der Waals surface area (Å²) in [5, 5.41) is 15.3. The lowest BCUT2D eigenvalue weighted by atomic mass is 10.1. The minimum absolute atomic E-state index is 0.0469. The summed E-state index contributed by atoms with van der Waals surface area (Å²) in [5.74, 6) is 0.140. The van der Waals surface area contributed by atoms with Crippen molar-refractivity contribution in [1.82, 2.24) is 15.5 Å². The molecular formula is C19H26FN5O2. The van der Waals surface area contributed by atoms with Crippen molar-refractivity contribution in [3.8, 4) is 6.07 Å². The van der Waals surface area contributed by atoms with Gasteiger partial charge in [-0.1, -0.05) is 0 Å². The van der Waals surface area contributed by atoms with Crippen molar-refractivity contribution in [1.29, 1.82) is 5.26 Å². The number of nitrogens with one attached hydrogen (secondary N) is 2. The molecule has 2 N–H and O–H groups in total. The van der Waals surface area contributed by atoms with Gasteiger partial charge in [-0.05, 0) is 45.9 Å². The fourth-order valence-electron chi connectivity index (χ4n) is 2.49. The van der Waals surface area contributed by atoms with Gasteiger partial charge in [-0.25, -0.2) is 14.2 Å². The van der Waals surface area contributed by atoms with Crippen molar-refractivity contribution in [2.75, 3.05) is 19.6 Å². The van der Waals surface area contributed by atoms with Gasteiger partial charge < -0.3 is 20.3 Å². The molecule has 1 aromatic carbocycles. The average molecular weight is 375 g/mol. The van der Waals surface area contributed by atoms with Crippen LogP contribution in [0.25, 0.3) is 0 Å². The highest BCUT2D eigenvalue weighted by Crippen LogP contribution is 2.15. The van der Waals surface area contributed by atoms with Crippen molar-refractivity contribution in [3.05, 3.63) is 35.1 Å². The molecule has 1 saturated heterocycles. The molecule has 7 nitrogen and oxygen atoms in total. The number of rotatable bonds is 4. The van der Waals surface area contributed by atoms with Gasteiger partial charge in [0.2, 0.25) is 0 Å². The third-order valence-corrected chi connectivity index (χ3v) is 3.80. The van der Waals surface area contributed by atoms with Crippen LogP contribution in [0.4, 0.5) is 9.18 Å². The number of nitrogens with zero attached hydrogens (tertiary/aromatic N) is 3. The van der Waals surface area contributed by atoms with Crippen LogP contribution >= 0.6 is 0 Å². The van der Waals surface area contributed by atoms with E-state index in [2.05, 4.69) is 15.6 Å². The molecule has 0 aromatic heterocycles. The van der Waals surface area contributed by atoms with E-state index in [9.17, 15) is 9.18 Å². The molecule has 27 heavy (non-hydrogen) atoms. The second kappa shape index (κ2) is 8.71. The molecular weight excluding hydrogens is 349 g/mol. The summed E-state index contributed by atoms with van der Waals surface area (Å²) in [4.78, 5) is 18.0. The van der Waals surface area contributed by atoms with Crippen LogP contribution in [0, 0.1) is 17.1 Å². The second-order valence-electron chi connectivity index (χ2n) is 7.34. The van der Waals surface area contributed by atoms with Gasteiger partial charge in [0, 0.05) is 25.2 Å². The first kappa shape index (κ1) is 20.5. The van der Waals surface area contributed by atoms with E-state index in [4.69, 9.17) is 10.00 Å². The highest BCUT2D eigenvalue weighted by Gasteiger charge is 2.34. The zero-order valence-corrected chi connectivity index (χ0v) is 16.2. The van der Waals surface area contributed by atoms with Crippen molar-refractivity contribution < 1.29 is 13.9 Å². The summed E-state index contributed by atoms with van der Waals surface area (Å²) in [7, 11) is 0. The lowest BCUT2D eigenvalue weighted by Gasteiger charge is -2.40. The van der Waals surface area contributed by atoms with Crippen molar-refractivity contribution in [3.63, 3.8) is 0 Å². The maximum absolute atomic E-state index is 13.9. The normalized spacial score (nSPS) is 15.0. The number of ether oxygens (including phenoxy) is 1. The number of likely N-dealkylation sites (tertiary alicyclic amines) is 1. The van der Waals surface area contributed by atoms with Crippen LogP contribution in [0.1, 0.15) is 38.8 Å². The molecule has 0 radical (unpaired) electrons. The fraction of sp³-hybridized carbons (Fsp3) is 0.526. The van der Waals surface area contributed by atoms with Crippen LogP contribution in [0.5, 0.6) is 0 Å². The molecule has 146 valence electrons. The first-order valence-electron chi connectivity index (χ1n) is 8.93. The molecule has 0 aliphatic carbocycles. The van der Waals surface area contributed by atoms with E-state index in [-0.39, 0.29) is 18.7 Å². The van der Waals surface area contributed by atoms with E-state index in [0.717, 1.165) is 0 Å². The number of hydrogen-bond acceptors (Lipinski definition) is 4. The van der Waals surface area contributed by atoms with Gasteiger partial charge in [0.05, 0.1) is 24.2 Å². The largest absolute Gasteiger partial charge is 0.444 e. The molecule has 2 rings (SSSR count). The van der Waals surface area contributed by atoms with Gasteiger partial charge in [0.25, 0.3) is 0 Å². The number of guanidine groups is 1. The van der Waals surface area contributed by atoms with E-state index < -0.39 is 11.4 Å². The van der Waals surface area contributed by atoms with E-state index in [0.29, 0.717) is 36.7 Å². The number of carbonyl (C=O) groups excluding carboxylic acids is 1. The maximum Gasteiger partial charge on any atom is 0.410 e. The quantitative estimate of drug-likeness (QED) is 0.623. The molecule has 8 heteroatoms. The Bertz CT molecular complexity index is 745. The smallest absolute Gasteiger partial charge is 0.410 e. The molecule has 0 bridgehead atoms. The zero-order chi connectivity index (χ0) is 20.0. The molecule has 0 atom stereocenters. The van der Waals surface area contributed by atoms with Crippen molar-refractivity contribution >= 4 is 12.1 Å². The highest BCUT2D eigenvalue weighted by atomic mass is 19.1. The molecule has 1 amide bonds. The number of carbonyl (C=O) groups is 1. The Kier molecular flexibility index (Phi) is 6.61. The maximum atomic E-state index is 13.9. The zero-order valence-electron chi connectivity index (χ0n) is 16.2.